The van der Waals surface area contributed by atoms with Gasteiger partial charge < -0.3 is 14.8 Å². The fraction of sp³-hybridized carbons (Fsp3) is 0.154. The first-order valence-electron chi connectivity index (χ1n) is 10.8. The zero-order chi connectivity index (χ0) is 24.0. The number of pyridine rings is 1. The number of hydrogen-bond acceptors (Lipinski definition) is 6. The number of aryl methyl sites for hydroxylation is 2. The highest BCUT2D eigenvalue weighted by Crippen LogP contribution is 2.31. The minimum absolute atomic E-state index is 0.156. The number of fused-ring (bicyclic) bond motifs is 2. The van der Waals surface area contributed by atoms with Gasteiger partial charge in [-0.3, -0.25) is 9.20 Å². The highest BCUT2D eigenvalue weighted by Gasteiger charge is 2.18. The molecule has 0 saturated heterocycles. The predicted octanol–water partition coefficient (Wildman–Crippen LogP) is 4.99. The Morgan fingerprint density at radius 3 is 2.68 bits per heavy atom. The first-order valence-corrected chi connectivity index (χ1v) is 10.8. The number of aromatic carboxylic acids is 1. The van der Waals surface area contributed by atoms with Crippen molar-refractivity contribution >= 4 is 28.3 Å². The van der Waals surface area contributed by atoms with Gasteiger partial charge in [-0.1, -0.05) is 18.2 Å². The second kappa shape index (κ2) is 8.15. The van der Waals surface area contributed by atoms with Crippen LogP contribution in [-0.4, -0.2) is 25.7 Å². The molecule has 8 nitrogen and oxygen atoms in total. The van der Waals surface area contributed by atoms with Gasteiger partial charge in [-0.05, 0) is 56.7 Å². The van der Waals surface area contributed by atoms with Gasteiger partial charge in [0.15, 0.2) is 11.1 Å². The fourth-order valence-electron chi connectivity index (χ4n) is 4.17. The lowest BCUT2D eigenvalue weighted by Crippen LogP contribution is -2.12. The second-order valence-electron chi connectivity index (χ2n) is 8.31. The number of hydrogen-bond donors (Lipinski definition) is 2. The highest BCUT2D eigenvalue weighted by molar-refractivity contribution is 5.94. The number of benzene rings is 2. The average Bonchev–Trinajstić information content (AvgIpc) is 3.19. The summed E-state index contributed by atoms with van der Waals surface area (Å²) < 4.78 is 8.14. The number of para-hydroxylation sites is 1. The smallest absolute Gasteiger partial charge is 0.337 e. The number of rotatable bonds is 5. The van der Waals surface area contributed by atoms with Crippen molar-refractivity contribution < 1.29 is 14.3 Å². The maximum absolute atomic E-state index is 13.1. The van der Waals surface area contributed by atoms with Gasteiger partial charge >= 0.3 is 5.97 Å². The topological polar surface area (TPSA) is 110 Å². The molecule has 3 aromatic heterocycles. The van der Waals surface area contributed by atoms with E-state index in [9.17, 15) is 14.7 Å². The molecule has 34 heavy (non-hydrogen) atoms. The third-order valence-corrected chi connectivity index (χ3v) is 5.86. The van der Waals surface area contributed by atoms with Gasteiger partial charge in [-0.15, -0.1) is 10.2 Å². The molecule has 5 rings (SSSR count). The normalized spacial score (nSPS) is 12.2. The second-order valence-corrected chi connectivity index (χ2v) is 8.31. The van der Waals surface area contributed by atoms with Crippen LogP contribution >= 0.6 is 0 Å². The molecule has 0 aliphatic heterocycles. The maximum atomic E-state index is 13.1. The van der Waals surface area contributed by atoms with Gasteiger partial charge in [-0.2, -0.15) is 0 Å². The van der Waals surface area contributed by atoms with E-state index in [0.717, 1.165) is 17.0 Å². The van der Waals surface area contributed by atoms with E-state index in [1.807, 2.05) is 49.6 Å². The molecule has 0 fully saturated rings. The number of carboxylic acids is 1. The number of nitrogens with one attached hydrogen (secondary N) is 1. The molecule has 3 heterocycles. The monoisotopic (exact) mass is 454 g/mol. The van der Waals surface area contributed by atoms with Crippen molar-refractivity contribution in [3.8, 4) is 11.3 Å². The van der Waals surface area contributed by atoms with Crippen LogP contribution in [0.3, 0.4) is 0 Å². The zero-order valence-electron chi connectivity index (χ0n) is 18.9. The average molecular weight is 454 g/mol. The quantitative estimate of drug-likeness (QED) is 0.385. The molecular formula is C26H22N4O4. The minimum atomic E-state index is -1.02. The van der Waals surface area contributed by atoms with Gasteiger partial charge in [0, 0.05) is 29.1 Å². The van der Waals surface area contributed by atoms with Crippen molar-refractivity contribution in [3.63, 3.8) is 0 Å². The predicted molar refractivity (Wildman–Crippen MR) is 129 cm³/mol. The summed E-state index contributed by atoms with van der Waals surface area (Å²) >= 11 is 0. The summed E-state index contributed by atoms with van der Waals surface area (Å²) in [6.45, 7) is 5.68. The molecule has 1 atom stereocenters. The van der Waals surface area contributed by atoms with Crippen LogP contribution in [0.25, 0.3) is 27.9 Å². The molecule has 0 amide bonds. The lowest BCUT2D eigenvalue weighted by atomic mass is 10.00. The summed E-state index contributed by atoms with van der Waals surface area (Å²) in [6.07, 6.45) is 1.84. The first kappa shape index (κ1) is 21.4. The Balaban J connectivity index is 1.64. The van der Waals surface area contributed by atoms with Crippen molar-refractivity contribution in [2.45, 2.75) is 26.8 Å². The van der Waals surface area contributed by atoms with E-state index in [4.69, 9.17) is 4.42 Å². The molecule has 8 heteroatoms. The highest BCUT2D eigenvalue weighted by atomic mass is 16.4. The van der Waals surface area contributed by atoms with Gasteiger partial charge in [0.2, 0.25) is 0 Å². The van der Waals surface area contributed by atoms with E-state index < -0.39 is 5.97 Å². The van der Waals surface area contributed by atoms with Gasteiger partial charge in [0.05, 0.1) is 17.0 Å². The molecular weight excluding hydrogens is 432 g/mol. The molecule has 2 N–H and O–H groups in total. The lowest BCUT2D eigenvalue weighted by Gasteiger charge is -2.19. The summed E-state index contributed by atoms with van der Waals surface area (Å²) in [5.74, 6) is 0.169. The Bertz CT molecular complexity index is 1630. The minimum Gasteiger partial charge on any atom is -0.478 e. The Morgan fingerprint density at radius 1 is 1.09 bits per heavy atom. The Hall–Kier alpha value is -4.46. The van der Waals surface area contributed by atoms with E-state index in [2.05, 4.69) is 15.5 Å². The van der Waals surface area contributed by atoms with Crippen molar-refractivity contribution in [2.75, 3.05) is 5.32 Å². The molecule has 0 bridgehead atoms. The molecule has 1 unspecified atom stereocenters. The molecule has 0 aliphatic rings. The summed E-state index contributed by atoms with van der Waals surface area (Å²) in [6, 6.07) is 15.3. The summed E-state index contributed by atoms with van der Waals surface area (Å²) in [5.41, 5.74) is 3.99. The van der Waals surface area contributed by atoms with Crippen LogP contribution in [0.4, 0.5) is 5.69 Å². The van der Waals surface area contributed by atoms with Crippen LogP contribution in [0.5, 0.6) is 0 Å². The zero-order valence-corrected chi connectivity index (χ0v) is 18.9. The maximum Gasteiger partial charge on any atom is 0.337 e. The molecule has 0 radical (unpaired) electrons. The van der Waals surface area contributed by atoms with Crippen molar-refractivity contribution in [3.05, 3.63) is 93.5 Å². The van der Waals surface area contributed by atoms with Gasteiger partial charge in [-0.25, -0.2) is 4.79 Å². The van der Waals surface area contributed by atoms with E-state index in [-0.39, 0.29) is 17.0 Å². The van der Waals surface area contributed by atoms with Crippen molar-refractivity contribution in [2.24, 2.45) is 0 Å². The molecule has 5 aromatic rings. The fourth-order valence-corrected chi connectivity index (χ4v) is 4.17. The number of carboxylic acid groups (broad SMARTS) is 1. The van der Waals surface area contributed by atoms with E-state index >= 15 is 0 Å². The van der Waals surface area contributed by atoms with Crippen LogP contribution in [0.1, 0.15) is 40.3 Å². The number of anilines is 1. The lowest BCUT2D eigenvalue weighted by molar-refractivity contribution is 0.0698. The summed E-state index contributed by atoms with van der Waals surface area (Å²) in [5, 5.41) is 21.5. The third kappa shape index (κ3) is 3.69. The number of carbonyl (C=O) groups is 1. The van der Waals surface area contributed by atoms with Gasteiger partial charge in [0.1, 0.15) is 17.2 Å². The van der Waals surface area contributed by atoms with Crippen LogP contribution in [-0.2, 0) is 0 Å². The molecule has 170 valence electrons. The molecule has 0 aliphatic carbocycles. The van der Waals surface area contributed by atoms with E-state index in [0.29, 0.717) is 33.6 Å². The third-order valence-electron chi connectivity index (χ3n) is 5.86. The first-order chi connectivity index (χ1) is 16.3. The SMILES string of the molecule is Cc1cc(C(C)Nc2ccccc2C(=O)O)c2oc(-c3ccn4c(C)nnc4c3)cc(=O)c2c1. The number of aromatic nitrogens is 3. The van der Waals surface area contributed by atoms with E-state index in [1.165, 1.54) is 6.07 Å². The van der Waals surface area contributed by atoms with Crippen molar-refractivity contribution in [1.29, 1.82) is 0 Å². The van der Waals surface area contributed by atoms with Crippen LogP contribution in [0.2, 0.25) is 0 Å². The van der Waals surface area contributed by atoms with E-state index in [1.54, 1.807) is 30.3 Å². The standard InChI is InChI=1S/C26H22N4O4/c1-14-10-19(15(2)27-21-7-5-4-6-18(21)26(32)33)25-20(11-14)22(31)13-23(34-25)17-8-9-30-16(3)28-29-24(30)12-17/h4-13,15,27H,1-3H3,(H,32,33). The molecule has 2 aromatic carbocycles. The Morgan fingerprint density at radius 2 is 1.88 bits per heavy atom. The number of nitrogens with zero attached hydrogens (tertiary/aromatic N) is 3. The molecule has 0 spiro atoms. The van der Waals surface area contributed by atoms with Crippen LogP contribution in [0, 0.1) is 13.8 Å². The van der Waals surface area contributed by atoms with Crippen LogP contribution in [0.15, 0.2) is 70.0 Å². The van der Waals surface area contributed by atoms with Crippen LogP contribution < -0.4 is 10.7 Å². The molecule has 0 saturated carbocycles. The van der Waals surface area contributed by atoms with Gasteiger partial charge in [0.25, 0.3) is 0 Å². The largest absolute Gasteiger partial charge is 0.478 e. The Kier molecular flexibility index (Phi) is 5.13. The summed E-state index contributed by atoms with van der Waals surface area (Å²) in [7, 11) is 0. The Labute approximate surface area is 194 Å². The van der Waals surface area contributed by atoms with Crippen molar-refractivity contribution in [1.82, 2.24) is 14.6 Å². The summed E-state index contributed by atoms with van der Waals surface area (Å²) in [4.78, 5) is 24.7.